The van der Waals surface area contributed by atoms with Crippen LogP contribution in [-0.2, 0) is 4.79 Å². The fourth-order valence-corrected chi connectivity index (χ4v) is 3.79. The number of aromatic nitrogens is 2. The number of imidazole rings is 1. The average molecular weight is 423 g/mol. The molecule has 0 aliphatic heterocycles. The summed E-state index contributed by atoms with van der Waals surface area (Å²) in [5.41, 5.74) is 1.87. The summed E-state index contributed by atoms with van der Waals surface area (Å²) in [6.07, 6.45) is 0. The molecule has 0 saturated heterocycles. The molecule has 1 aromatic heterocycles. The zero-order chi connectivity index (χ0) is 21.7. The van der Waals surface area contributed by atoms with E-state index in [1.807, 2.05) is 73.9 Å². The van der Waals surface area contributed by atoms with Gasteiger partial charge in [0, 0.05) is 5.69 Å². The van der Waals surface area contributed by atoms with Crippen molar-refractivity contribution in [2.75, 3.05) is 12.4 Å². The Morgan fingerprint density at radius 3 is 2.60 bits per heavy atom. The van der Waals surface area contributed by atoms with E-state index in [2.05, 4.69) is 11.4 Å². The van der Waals surface area contributed by atoms with Crippen molar-refractivity contribution in [1.29, 1.82) is 5.26 Å². The van der Waals surface area contributed by atoms with Gasteiger partial charge in [0.05, 0.1) is 29.5 Å². The standard InChI is InChI=1S/C23H26N4O2S/c1-5-29-18-12-10-17(11-13-18)27-20-9-7-6-8-19(20)25-22(27)30-14-21(28)26-23(4,15-24)16(2)3/h6-13,16H,5,14H2,1-4H3,(H,26,28)/t23-/m0/s1. The molecule has 0 aliphatic carbocycles. The number of nitrogens with one attached hydrogen (secondary N) is 1. The number of nitrogens with zero attached hydrogens (tertiary/aromatic N) is 3. The molecule has 0 radical (unpaired) electrons. The summed E-state index contributed by atoms with van der Waals surface area (Å²) < 4.78 is 7.58. The number of benzene rings is 2. The Kier molecular flexibility index (Phi) is 6.68. The Morgan fingerprint density at radius 1 is 1.27 bits per heavy atom. The summed E-state index contributed by atoms with van der Waals surface area (Å²) in [5, 5.41) is 13.0. The number of amides is 1. The van der Waals surface area contributed by atoms with Gasteiger partial charge < -0.3 is 10.1 Å². The van der Waals surface area contributed by atoms with Gasteiger partial charge in [0.1, 0.15) is 11.3 Å². The van der Waals surface area contributed by atoms with Gasteiger partial charge in [-0.1, -0.05) is 37.7 Å². The second kappa shape index (κ2) is 9.23. The molecule has 1 atom stereocenters. The van der Waals surface area contributed by atoms with E-state index < -0.39 is 5.54 Å². The minimum absolute atomic E-state index is 0.00452. The van der Waals surface area contributed by atoms with E-state index in [-0.39, 0.29) is 17.6 Å². The second-order valence-electron chi connectivity index (χ2n) is 7.45. The molecular formula is C23H26N4O2S. The number of carbonyl (C=O) groups excluding carboxylic acids is 1. The number of hydrogen-bond acceptors (Lipinski definition) is 5. The maximum Gasteiger partial charge on any atom is 0.231 e. The molecule has 156 valence electrons. The molecule has 3 rings (SSSR count). The highest BCUT2D eigenvalue weighted by molar-refractivity contribution is 7.99. The molecule has 0 saturated carbocycles. The van der Waals surface area contributed by atoms with Crippen LogP contribution in [0, 0.1) is 17.2 Å². The summed E-state index contributed by atoms with van der Waals surface area (Å²) in [7, 11) is 0. The highest BCUT2D eigenvalue weighted by Gasteiger charge is 2.30. The van der Waals surface area contributed by atoms with Gasteiger partial charge in [-0.2, -0.15) is 5.26 Å². The van der Waals surface area contributed by atoms with Crippen molar-refractivity contribution in [3.05, 3.63) is 48.5 Å². The number of ether oxygens (including phenoxy) is 1. The molecule has 0 spiro atoms. The monoisotopic (exact) mass is 422 g/mol. The van der Waals surface area contributed by atoms with E-state index in [0.717, 1.165) is 27.6 Å². The van der Waals surface area contributed by atoms with Crippen LogP contribution in [-0.4, -0.2) is 33.4 Å². The first-order chi connectivity index (χ1) is 14.4. The van der Waals surface area contributed by atoms with Gasteiger partial charge in [-0.05, 0) is 56.2 Å². The first kappa shape index (κ1) is 21.7. The smallest absolute Gasteiger partial charge is 0.231 e. The highest BCUT2D eigenvalue weighted by atomic mass is 32.2. The fraction of sp³-hybridized carbons (Fsp3) is 0.348. The SMILES string of the molecule is CCOc1ccc(-n2c(SCC(=O)N[C@@](C)(C#N)C(C)C)nc3ccccc32)cc1. The van der Waals surface area contributed by atoms with Crippen LogP contribution in [0.1, 0.15) is 27.7 Å². The molecule has 1 amide bonds. The molecule has 1 N–H and O–H groups in total. The van der Waals surface area contributed by atoms with E-state index in [9.17, 15) is 10.1 Å². The predicted molar refractivity (Wildman–Crippen MR) is 120 cm³/mol. The van der Waals surface area contributed by atoms with Crippen LogP contribution in [0.25, 0.3) is 16.7 Å². The molecule has 30 heavy (non-hydrogen) atoms. The normalized spacial score (nSPS) is 13.1. The number of carbonyl (C=O) groups is 1. The van der Waals surface area contributed by atoms with Crippen LogP contribution >= 0.6 is 11.8 Å². The lowest BCUT2D eigenvalue weighted by molar-refractivity contribution is -0.120. The van der Waals surface area contributed by atoms with Gasteiger partial charge in [0.15, 0.2) is 5.16 Å². The Labute approximate surface area is 181 Å². The molecule has 1 heterocycles. The van der Waals surface area contributed by atoms with Gasteiger partial charge in [0.2, 0.25) is 5.91 Å². The lowest BCUT2D eigenvalue weighted by atomic mass is 9.90. The maximum absolute atomic E-state index is 12.5. The fourth-order valence-electron chi connectivity index (χ4n) is 2.97. The van der Waals surface area contributed by atoms with Gasteiger partial charge >= 0.3 is 0 Å². The van der Waals surface area contributed by atoms with E-state index in [4.69, 9.17) is 9.72 Å². The largest absolute Gasteiger partial charge is 0.494 e. The van der Waals surface area contributed by atoms with Crippen molar-refractivity contribution in [3.63, 3.8) is 0 Å². The summed E-state index contributed by atoms with van der Waals surface area (Å²) in [4.78, 5) is 17.3. The predicted octanol–water partition coefficient (Wildman–Crippen LogP) is 4.57. The molecule has 6 nitrogen and oxygen atoms in total. The number of para-hydroxylation sites is 2. The van der Waals surface area contributed by atoms with Crippen molar-refractivity contribution >= 4 is 28.7 Å². The second-order valence-corrected chi connectivity index (χ2v) is 8.39. The van der Waals surface area contributed by atoms with Crippen LogP contribution < -0.4 is 10.1 Å². The lowest BCUT2D eigenvalue weighted by Gasteiger charge is -2.27. The van der Waals surface area contributed by atoms with E-state index in [1.54, 1.807) is 6.92 Å². The molecule has 0 aliphatic rings. The van der Waals surface area contributed by atoms with Crippen LogP contribution in [0.15, 0.2) is 53.7 Å². The maximum atomic E-state index is 12.5. The van der Waals surface area contributed by atoms with Gasteiger partial charge in [-0.3, -0.25) is 9.36 Å². The minimum Gasteiger partial charge on any atom is -0.494 e. The number of nitriles is 1. The van der Waals surface area contributed by atoms with Crippen molar-refractivity contribution in [1.82, 2.24) is 14.9 Å². The zero-order valence-electron chi connectivity index (χ0n) is 17.7. The van der Waals surface area contributed by atoms with E-state index in [0.29, 0.717) is 6.61 Å². The summed E-state index contributed by atoms with van der Waals surface area (Å²) in [6, 6.07) is 17.9. The summed E-state index contributed by atoms with van der Waals surface area (Å²) in [6.45, 7) is 8.15. The van der Waals surface area contributed by atoms with Crippen LogP contribution in [0.2, 0.25) is 0 Å². The van der Waals surface area contributed by atoms with Crippen molar-refractivity contribution in [3.8, 4) is 17.5 Å². The Morgan fingerprint density at radius 2 is 1.97 bits per heavy atom. The van der Waals surface area contributed by atoms with Crippen molar-refractivity contribution in [2.45, 2.75) is 38.4 Å². The Balaban J connectivity index is 1.87. The van der Waals surface area contributed by atoms with Gasteiger partial charge in [-0.25, -0.2) is 4.98 Å². The Bertz CT molecular complexity index is 1070. The first-order valence-corrected chi connectivity index (χ1v) is 10.9. The molecule has 0 unspecified atom stereocenters. The third-order valence-electron chi connectivity index (χ3n) is 5.05. The summed E-state index contributed by atoms with van der Waals surface area (Å²) >= 11 is 1.35. The average Bonchev–Trinajstić information content (AvgIpc) is 3.11. The zero-order valence-corrected chi connectivity index (χ0v) is 18.5. The molecule has 7 heteroatoms. The lowest BCUT2D eigenvalue weighted by Crippen LogP contribution is -2.49. The first-order valence-electron chi connectivity index (χ1n) is 9.93. The number of hydrogen-bond donors (Lipinski definition) is 1. The third kappa shape index (κ3) is 4.60. The molecule has 0 fully saturated rings. The Hall–Kier alpha value is -2.98. The number of thioether (sulfide) groups is 1. The molecule has 2 aromatic carbocycles. The topological polar surface area (TPSA) is 79.9 Å². The van der Waals surface area contributed by atoms with Crippen LogP contribution in [0.5, 0.6) is 5.75 Å². The third-order valence-corrected chi connectivity index (χ3v) is 5.99. The highest BCUT2D eigenvalue weighted by Crippen LogP contribution is 2.29. The van der Waals surface area contributed by atoms with Crippen molar-refractivity contribution < 1.29 is 9.53 Å². The van der Waals surface area contributed by atoms with E-state index >= 15 is 0 Å². The van der Waals surface area contributed by atoms with Crippen LogP contribution in [0.4, 0.5) is 0 Å². The quantitative estimate of drug-likeness (QED) is 0.538. The van der Waals surface area contributed by atoms with Crippen LogP contribution in [0.3, 0.4) is 0 Å². The molecular weight excluding hydrogens is 396 g/mol. The number of rotatable bonds is 8. The van der Waals surface area contributed by atoms with Gasteiger partial charge in [-0.15, -0.1) is 0 Å². The number of fused-ring (bicyclic) bond motifs is 1. The molecule has 3 aromatic rings. The summed E-state index contributed by atoms with van der Waals surface area (Å²) in [5.74, 6) is 0.793. The van der Waals surface area contributed by atoms with Crippen molar-refractivity contribution in [2.24, 2.45) is 5.92 Å². The van der Waals surface area contributed by atoms with E-state index in [1.165, 1.54) is 11.8 Å². The molecule has 0 bridgehead atoms. The van der Waals surface area contributed by atoms with Gasteiger partial charge in [0.25, 0.3) is 0 Å². The minimum atomic E-state index is -0.896.